The largest absolute Gasteiger partial charge is 0.495 e. The van der Waals surface area contributed by atoms with Crippen molar-refractivity contribution in [3.63, 3.8) is 0 Å². The number of anilines is 1. The van der Waals surface area contributed by atoms with E-state index in [1.807, 2.05) is 68.4 Å². The van der Waals surface area contributed by atoms with Gasteiger partial charge < -0.3 is 10.1 Å². The van der Waals surface area contributed by atoms with Crippen LogP contribution in [0.4, 0.5) is 5.69 Å². The number of nitrogens with zero attached hydrogens (tertiary/aromatic N) is 3. The van der Waals surface area contributed by atoms with Gasteiger partial charge in [-0.25, -0.2) is 9.67 Å². The van der Waals surface area contributed by atoms with Crippen LogP contribution in [-0.2, 0) is 0 Å². The number of aryl methyl sites for hydroxylation is 1. The molecule has 0 radical (unpaired) electrons. The van der Waals surface area contributed by atoms with Gasteiger partial charge in [-0.1, -0.05) is 24.3 Å². The lowest BCUT2D eigenvalue weighted by atomic mass is 10.2. The van der Waals surface area contributed by atoms with Gasteiger partial charge in [0.15, 0.2) is 5.82 Å². The topological polar surface area (TPSA) is 69.0 Å². The number of carbonyl (C=O) groups is 1. The number of fused-ring (bicyclic) bond motifs is 1. The molecule has 0 saturated carbocycles. The van der Waals surface area contributed by atoms with Crippen molar-refractivity contribution in [2.24, 2.45) is 0 Å². The molecule has 6 nitrogen and oxygen atoms in total. The Morgan fingerprint density at radius 2 is 1.89 bits per heavy atom. The van der Waals surface area contributed by atoms with Crippen LogP contribution in [0.1, 0.15) is 21.6 Å². The Bertz CT molecular complexity index is 1180. The first kappa shape index (κ1) is 17.7. The Hall–Kier alpha value is -3.67. The Balaban J connectivity index is 1.66. The van der Waals surface area contributed by atoms with Gasteiger partial charge >= 0.3 is 0 Å². The smallest absolute Gasteiger partial charge is 0.259 e. The molecule has 2 aromatic carbocycles. The number of para-hydroxylation sites is 1. The van der Waals surface area contributed by atoms with Gasteiger partial charge in [0.2, 0.25) is 0 Å². The number of benzene rings is 2. The maximum absolute atomic E-state index is 12.8. The molecule has 0 spiro atoms. The van der Waals surface area contributed by atoms with E-state index in [0.29, 0.717) is 28.5 Å². The highest BCUT2D eigenvalue weighted by atomic mass is 16.5. The van der Waals surface area contributed by atoms with Crippen molar-refractivity contribution in [2.75, 3.05) is 12.4 Å². The molecule has 0 aliphatic rings. The summed E-state index contributed by atoms with van der Waals surface area (Å²) >= 11 is 0. The van der Waals surface area contributed by atoms with E-state index in [-0.39, 0.29) is 5.91 Å². The molecular weight excluding hydrogens is 352 g/mol. The predicted octanol–water partition coefficient (Wildman–Crippen LogP) is 4.30. The number of rotatable bonds is 4. The van der Waals surface area contributed by atoms with Crippen molar-refractivity contribution in [2.45, 2.75) is 13.8 Å². The summed E-state index contributed by atoms with van der Waals surface area (Å²) < 4.78 is 7.01. The molecular formula is C22H20N4O2. The quantitative estimate of drug-likeness (QED) is 0.580. The molecule has 1 N–H and O–H groups in total. The first-order chi connectivity index (χ1) is 13.6. The van der Waals surface area contributed by atoms with E-state index >= 15 is 0 Å². The van der Waals surface area contributed by atoms with E-state index in [1.54, 1.807) is 18.0 Å². The number of methoxy groups -OCH3 is 1. The number of amides is 1. The van der Waals surface area contributed by atoms with Crippen LogP contribution in [0.15, 0.2) is 60.8 Å². The second kappa shape index (κ2) is 7.15. The van der Waals surface area contributed by atoms with Gasteiger partial charge in [0, 0.05) is 5.39 Å². The van der Waals surface area contributed by atoms with Gasteiger partial charge in [0.25, 0.3) is 5.91 Å². The van der Waals surface area contributed by atoms with Crippen molar-refractivity contribution in [3.05, 3.63) is 77.6 Å². The maximum Gasteiger partial charge on any atom is 0.259 e. The molecule has 0 saturated heterocycles. The Kier molecular flexibility index (Phi) is 4.53. The highest BCUT2D eigenvalue weighted by molar-refractivity contribution is 6.05. The summed E-state index contributed by atoms with van der Waals surface area (Å²) in [4.78, 5) is 17.5. The van der Waals surface area contributed by atoms with Crippen molar-refractivity contribution < 1.29 is 9.53 Å². The highest BCUT2D eigenvalue weighted by Gasteiger charge is 2.17. The molecule has 0 bridgehead atoms. The Morgan fingerprint density at radius 3 is 2.71 bits per heavy atom. The standard InChI is InChI=1S/C22H20N4O2/c1-14-8-10-20(28-3)19(12-14)25-22(27)17-13-23-26(15(17)2)21-11-9-16-6-4-5-7-18(16)24-21/h4-13H,1-3H3,(H,25,27). The minimum atomic E-state index is -0.242. The zero-order valence-electron chi connectivity index (χ0n) is 15.9. The number of hydrogen-bond acceptors (Lipinski definition) is 4. The minimum absolute atomic E-state index is 0.242. The van der Waals surface area contributed by atoms with Crippen LogP contribution in [0.25, 0.3) is 16.7 Å². The fraction of sp³-hybridized carbons (Fsp3) is 0.136. The molecule has 2 heterocycles. The molecule has 1 amide bonds. The van der Waals surface area contributed by atoms with Crippen molar-refractivity contribution in [3.8, 4) is 11.6 Å². The van der Waals surface area contributed by atoms with E-state index in [1.165, 1.54) is 0 Å². The third kappa shape index (κ3) is 3.20. The lowest BCUT2D eigenvalue weighted by Gasteiger charge is -2.11. The molecule has 0 fully saturated rings. The van der Waals surface area contributed by atoms with Crippen LogP contribution >= 0.6 is 0 Å². The van der Waals surface area contributed by atoms with Crippen molar-refractivity contribution in [1.29, 1.82) is 0 Å². The fourth-order valence-corrected chi connectivity index (χ4v) is 3.15. The molecule has 0 aliphatic heterocycles. The van der Waals surface area contributed by atoms with E-state index in [2.05, 4.69) is 15.4 Å². The molecule has 2 aromatic heterocycles. The Labute approximate surface area is 162 Å². The van der Waals surface area contributed by atoms with Gasteiger partial charge in [-0.15, -0.1) is 0 Å². The van der Waals surface area contributed by atoms with Crippen molar-refractivity contribution >= 4 is 22.5 Å². The molecule has 4 rings (SSSR count). The van der Waals surface area contributed by atoms with Crippen molar-refractivity contribution in [1.82, 2.24) is 14.8 Å². The summed E-state index contributed by atoms with van der Waals surface area (Å²) in [7, 11) is 1.58. The zero-order valence-corrected chi connectivity index (χ0v) is 15.9. The number of carbonyl (C=O) groups excluding carboxylic acids is 1. The normalized spacial score (nSPS) is 10.8. The fourth-order valence-electron chi connectivity index (χ4n) is 3.15. The number of ether oxygens (including phenoxy) is 1. The van der Waals surface area contributed by atoms with E-state index in [4.69, 9.17) is 4.74 Å². The summed E-state index contributed by atoms with van der Waals surface area (Å²) in [5.74, 6) is 1.04. The Morgan fingerprint density at radius 1 is 1.07 bits per heavy atom. The second-order valence-electron chi connectivity index (χ2n) is 6.58. The SMILES string of the molecule is COc1ccc(C)cc1NC(=O)c1cnn(-c2ccc3ccccc3n2)c1C. The van der Waals surface area contributed by atoms with Crippen LogP contribution in [0.5, 0.6) is 5.75 Å². The van der Waals surface area contributed by atoms with Crippen LogP contribution in [0.3, 0.4) is 0 Å². The lowest BCUT2D eigenvalue weighted by Crippen LogP contribution is -2.14. The van der Waals surface area contributed by atoms with Crippen LogP contribution in [0.2, 0.25) is 0 Å². The van der Waals surface area contributed by atoms with Gasteiger partial charge in [-0.3, -0.25) is 4.79 Å². The third-order valence-corrected chi connectivity index (χ3v) is 4.66. The van der Waals surface area contributed by atoms with E-state index in [0.717, 1.165) is 16.5 Å². The monoisotopic (exact) mass is 372 g/mol. The first-order valence-electron chi connectivity index (χ1n) is 8.93. The van der Waals surface area contributed by atoms with Gasteiger partial charge in [0.1, 0.15) is 5.75 Å². The molecule has 6 heteroatoms. The van der Waals surface area contributed by atoms with Gasteiger partial charge in [-0.2, -0.15) is 5.10 Å². The number of hydrogen-bond donors (Lipinski definition) is 1. The molecule has 0 atom stereocenters. The average molecular weight is 372 g/mol. The van der Waals surface area contributed by atoms with E-state index < -0.39 is 0 Å². The molecule has 0 aliphatic carbocycles. The minimum Gasteiger partial charge on any atom is -0.495 e. The molecule has 140 valence electrons. The molecule has 0 unspecified atom stereocenters. The number of pyridine rings is 1. The van der Waals surface area contributed by atoms with Crippen LogP contribution < -0.4 is 10.1 Å². The molecule has 28 heavy (non-hydrogen) atoms. The number of nitrogens with one attached hydrogen (secondary N) is 1. The summed E-state index contributed by atoms with van der Waals surface area (Å²) in [6.07, 6.45) is 1.56. The number of aromatic nitrogens is 3. The van der Waals surface area contributed by atoms with Gasteiger partial charge in [-0.05, 0) is 49.7 Å². The molecule has 4 aromatic rings. The first-order valence-corrected chi connectivity index (χ1v) is 8.93. The average Bonchev–Trinajstić information content (AvgIpc) is 3.09. The summed E-state index contributed by atoms with van der Waals surface area (Å²) in [6, 6.07) is 17.4. The maximum atomic E-state index is 12.8. The van der Waals surface area contributed by atoms with Gasteiger partial charge in [0.05, 0.1) is 35.8 Å². The van der Waals surface area contributed by atoms with Crippen LogP contribution in [0, 0.1) is 13.8 Å². The summed E-state index contributed by atoms with van der Waals surface area (Å²) in [5.41, 5.74) is 3.74. The second-order valence-corrected chi connectivity index (χ2v) is 6.58. The predicted molar refractivity (Wildman–Crippen MR) is 109 cm³/mol. The van der Waals surface area contributed by atoms with E-state index in [9.17, 15) is 4.79 Å². The zero-order chi connectivity index (χ0) is 19.7. The van der Waals surface area contributed by atoms with Crippen LogP contribution in [-0.4, -0.2) is 27.8 Å². The lowest BCUT2D eigenvalue weighted by molar-refractivity contribution is 0.102. The summed E-state index contributed by atoms with van der Waals surface area (Å²) in [6.45, 7) is 3.82. The summed E-state index contributed by atoms with van der Waals surface area (Å²) in [5, 5.41) is 8.35. The third-order valence-electron chi connectivity index (χ3n) is 4.66. The highest BCUT2D eigenvalue weighted by Crippen LogP contribution is 2.26.